The van der Waals surface area contributed by atoms with Gasteiger partial charge in [0.25, 0.3) is 0 Å². The molecule has 1 aliphatic rings. The van der Waals surface area contributed by atoms with Crippen molar-refractivity contribution in [3.05, 3.63) is 42.5 Å². The Hall–Kier alpha value is -4.19. The maximum atomic E-state index is 14.8. The van der Waals surface area contributed by atoms with Gasteiger partial charge in [0.05, 0.1) is 11.2 Å². The largest absolute Gasteiger partial charge is 0.504 e. The number of hydrogen-bond acceptors (Lipinski definition) is 10. The molecule has 4 aromatic rings. The first kappa shape index (κ1) is 20.7. The lowest BCUT2D eigenvalue weighted by atomic mass is 10.2. The molecular weight excluding hydrogens is 429 g/mol. The van der Waals surface area contributed by atoms with Crippen molar-refractivity contribution in [2.45, 2.75) is 0 Å². The highest BCUT2D eigenvalue weighted by Gasteiger charge is 2.19. The number of piperazine rings is 1. The summed E-state index contributed by atoms with van der Waals surface area (Å²) in [6.45, 7) is 3.30. The van der Waals surface area contributed by atoms with Crippen molar-refractivity contribution >= 4 is 34.2 Å². The topological polar surface area (TPSA) is 141 Å². The predicted octanol–water partition coefficient (Wildman–Crippen LogP) is 1.84. The average molecular weight is 451 g/mol. The van der Waals surface area contributed by atoms with E-state index >= 15 is 0 Å². The molecule has 33 heavy (non-hydrogen) atoms. The number of fused-ring (bicyclic) bond motifs is 1. The highest BCUT2D eigenvalue weighted by atomic mass is 19.1. The van der Waals surface area contributed by atoms with Gasteiger partial charge in [0.15, 0.2) is 17.3 Å². The zero-order valence-electron chi connectivity index (χ0n) is 17.8. The van der Waals surface area contributed by atoms with E-state index in [0.717, 1.165) is 26.2 Å². The molecule has 11 nitrogen and oxygen atoms in total. The van der Waals surface area contributed by atoms with Gasteiger partial charge in [-0.2, -0.15) is 9.67 Å². The zero-order chi connectivity index (χ0) is 23.1. The molecule has 5 N–H and O–H groups in total. The minimum Gasteiger partial charge on any atom is -0.504 e. The number of aromatic nitrogens is 5. The van der Waals surface area contributed by atoms with Crippen molar-refractivity contribution in [1.82, 2.24) is 29.6 Å². The molecule has 3 heterocycles. The molecule has 1 fully saturated rings. The van der Waals surface area contributed by atoms with Crippen molar-refractivity contribution in [2.75, 3.05) is 49.2 Å². The predicted molar refractivity (Wildman–Crippen MR) is 122 cm³/mol. The number of nitrogens with two attached hydrogens (primary N) is 1. The van der Waals surface area contributed by atoms with Crippen LogP contribution in [0, 0.1) is 5.82 Å². The van der Waals surface area contributed by atoms with Crippen molar-refractivity contribution in [3.8, 4) is 17.3 Å². The van der Waals surface area contributed by atoms with Crippen LogP contribution in [0.4, 0.5) is 27.7 Å². The van der Waals surface area contributed by atoms with Crippen molar-refractivity contribution in [2.24, 2.45) is 0 Å². The molecular formula is C21H22FN9O2. The van der Waals surface area contributed by atoms with E-state index in [1.54, 1.807) is 12.1 Å². The Bertz CT molecular complexity index is 1340. The number of rotatable bonds is 4. The molecule has 170 valence electrons. The molecule has 1 aliphatic heterocycles. The van der Waals surface area contributed by atoms with Gasteiger partial charge < -0.3 is 31.1 Å². The molecule has 0 unspecified atom stereocenters. The maximum Gasteiger partial charge on any atom is 0.248 e. The summed E-state index contributed by atoms with van der Waals surface area (Å²) in [5.41, 5.74) is 7.46. The second-order valence-electron chi connectivity index (χ2n) is 7.84. The molecule has 5 rings (SSSR count). The van der Waals surface area contributed by atoms with Crippen LogP contribution < -0.4 is 16.0 Å². The van der Waals surface area contributed by atoms with Crippen molar-refractivity contribution in [3.63, 3.8) is 0 Å². The summed E-state index contributed by atoms with van der Waals surface area (Å²) in [6.07, 6.45) is 1.29. The van der Waals surface area contributed by atoms with E-state index in [1.165, 1.54) is 29.2 Å². The number of nitrogens with one attached hydrogen (secondary N) is 1. The van der Waals surface area contributed by atoms with E-state index in [-0.39, 0.29) is 35.0 Å². The zero-order valence-corrected chi connectivity index (χ0v) is 17.8. The fourth-order valence-corrected chi connectivity index (χ4v) is 3.79. The van der Waals surface area contributed by atoms with E-state index in [1.807, 2.05) is 4.90 Å². The van der Waals surface area contributed by atoms with Gasteiger partial charge in [0.1, 0.15) is 12.1 Å². The van der Waals surface area contributed by atoms with Crippen LogP contribution in [-0.2, 0) is 0 Å². The number of phenolic OH excluding ortho intramolecular Hbond substituents is 2. The number of benzene rings is 2. The SMILES string of the molecule is CN1CCN(c2ccc(Nc3nc(N)n(-c4ncnc5cc(O)c(O)cc45)n3)cc2F)CC1. The summed E-state index contributed by atoms with van der Waals surface area (Å²) in [6, 6.07) is 7.52. The van der Waals surface area contributed by atoms with E-state index in [0.29, 0.717) is 22.3 Å². The van der Waals surface area contributed by atoms with Gasteiger partial charge in [0.2, 0.25) is 11.9 Å². The molecule has 0 spiro atoms. The lowest BCUT2D eigenvalue weighted by Crippen LogP contribution is -2.44. The molecule has 0 aliphatic carbocycles. The Morgan fingerprint density at radius 2 is 1.79 bits per heavy atom. The van der Waals surface area contributed by atoms with Crippen LogP contribution >= 0.6 is 0 Å². The Labute approximate surface area is 187 Å². The van der Waals surface area contributed by atoms with Crippen molar-refractivity contribution in [1.29, 1.82) is 0 Å². The van der Waals surface area contributed by atoms with Crippen LogP contribution in [-0.4, -0.2) is 73.1 Å². The number of likely N-dealkylation sites (N-methyl/N-ethyl adjacent to an activating group) is 1. The first-order valence-corrected chi connectivity index (χ1v) is 10.3. The fourth-order valence-electron chi connectivity index (χ4n) is 3.79. The minimum atomic E-state index is -0.339. The smallest absolute Gasteiger partial charge is 0.248 e. The third-order valence-corrected chi connectivity index (χ3v) is 5.59. The van der Waals surface area contributed by atoms with Gasteiger partial charge in [-0.3, -0.25) is 0 Å². The van der Waals surface area contributed by atoms with Crippen LogP contribution in [0.2, 0.25) is 0 Å². The number of halogens is 1. The Morgan fingerprint density at radius 3 is 2.55 bits per heavy atom. The molecule has 12 heteroatoms. The summed E-state index contributed by atoms with van der Waals surface area (Å²) in [5.74, 6) is -0.526. The van der Waals surface area contributed by atoms with E-state index in [2.05, 4.69) is 37.3 Å². The van der Waals surface area contributed by atoms with Crippen LogP contribution in [0.15, 0.2) is 36.7 Å². The summed E-state index contributed by atoms with van der Waals surface area (Å²) in [5, 5.41) is 27.3. The Kier molecular flexibility index (Phi) is 5.05. The van der Waals surface area contributed by atoms with Gasteiger partial charge in [-0.15, -0.1) is 5.10 Å². The summed E-state index contributed by atoms with van der Waals surface area (Å²) in [7, 11) is 2.05. The monoisotopic (exact) mass is 451 g/mol. The quantitative estimate of drug-likeness (QED) is 0.340. The highest BCUT2D eigenvalue weighted by molar-refractivity contribution is 5.88. The molecule has 0 bridgehead atoms. The van der Waals surface area contributed by atoms with Crippen molar-refractivity contribution < 1.29 is 14.6 Å². The van der Waals surface area contributed by atoms with Gasteiger partial charge >= 0.3 is 0 Å². The lowest BCUT2D eigenvalue weighted by molar-refractivity contribution is 0.311. The summed E-state index contributed by atoms with van der Waals surface area (Å²) >= 11 is 0. The number of phenols is 2. The first-order chi connectivity index (χ1) is 15.9. The maximum absolute atomic E-state index is 14.8. The van der Waals surface area contributed by atoms with Gasteiger partial charge in [-0.05, 0) is 31.3 Å². The van der Waals surface area contributed by atoms with E-state index in [4.69, 9.17) is 5.73 Å². The molecule has 1 saturated heterocycles. The minimum absolute atomic E-state index is 0.0274. The molecule has 0 radical (unpaired) electrons. The standard InChI is InChI=1S/C21H22FN9O2/c1-29-4-6-30(7-5-29)16-3-2-12(8-14(16)22)26-21-27-20(23)31(28-21)19-13-9-17(32)18(33)10-15(13)24-11-25-19/h2-3,8-11,32-33H,4-7H2,1H3,(H3,23,26,27,28). The number of hydrogen-bond donors (Lipinski definition) is 4. The number of nitrogen functional groups attached to an aromatic ring is 1. The van der Waals surface area contributed by atoms with Gasteiger partial charge in [-0.25, -0.2) is 14.4 Å². The molecule has 0 atom stereocenters. The number of nitrogens with zero attached hydrogens (tertiary/aromatic N) is 7. The fraction of sp³-hybridized carbons (Fsp3) is 0.238. The highest BCUT2D eigenvalue weighted by Crippen LogP contribution is 2.32. The van der Waals surface area contributed by atoms with Crippen LogP contribution in [0.25, 0.3) is 16.7 Å². The Balaban J connectivity index is 1.42. The number of anilines is 4. The normalized spacial score (nSPS) is 14.7. The van der Waals surface area contributed by atoms with Crippen LogP contribution in [0.5, 0.6) is 11.5 Å². The van der Waals surface area contributed by atoms with Crippen LogP contribution in [0.3, 0.4) is 0 Å². The van der Waals surface area contributed by atoms with E-state index < -0.39 is 0 Å². The average Bonchev–Trinajstić information content (AvgIpc) is 3.15. The Morgan fingerprint density at radius 1 is 1.03 bits per heavy atom. The van der Waals surface area contributed by atoms with Gasteiger partial charge in [0, 0.05) is 43.3 Å². The van der Waals surface area contributed by atoms with Gasteiger partial charge in [-0.1, -0.05) is 0 Å². The molecule has 0 saturated carbocycles. The molecule has 0 amide bonds. The second-order valence-corrected chi connectivity index (χ2v) is 7.84. The van der Waals surface area contributed by atoms with Crippen LogP contribution in [0.1, 0.15) is 0 Å². The summed E-state index contributed by atoms with van der Waals surface area (Å²) < 4.78 is 16.1. The summed E-state index contributed by atoms with van der Waals surface area (Å²) in [4.78, 5) is 16.7. The number of aromatic hydroxyl groups is 2. The first-order valence-electron chi connectivity index (χ1n) is 10.3. The third-order valence-electron chi connectivity index (χ3n) is 5.59. The van der Waals surface area contributed by atoms with E-state index in [9.17, 15) is 14.6 Å². The molecule has 2 aromatic carbocycles. The lowest BCUT2D eigenvalue weighted by Gasteiger charge is -2.34. The third kappa shape index (κ3) is 3.91. The second kappa shape index (κ2) is 8.06. The molecule has 2 aromatic heterocycles.